The van der Waals surface area contributed by atoms with Crippen LogP contribution in [0, 0.1) is 0 Å². The molecule has 9 heteroatoms. The standard InChI is InChI=1S/C27H23F3N2O4/c1-4-35-26(34)25-22(15-33)21-13-17(23-11-6-18(14-31-23)27(28,29)30)5-12-24(21)32(25)19-7-9-20(10-8-19)36-16(2)3/h5-16H,4H2,1-3H3. The number of pyridine rings is 1. The summed E-state index contributed by atoms with van der Waals surface area (Å²) in [6.45, 7) is 5.59. The average Bonchev–Trinajstić information content (AvgIpc) is 3.17. The maximum absolute atomic E-state index is 12.9. The number of carbonyl (C=O) groups is 2. The molecule has 0 aliphatic carbocycles. The number of rotatable bonds is 7. The zero-order valence-corrected chi connectivity index (χ0v) is 19.8. The van der Waals surface area contributed by atoms with Gasteiger partial charge in [0.15, 0.2) is 6.29 Å². The number of aromatic nitrogens is 2. The Kier molecular flexibility index (Phi) is 6.83. The van der Waals surface area contributed by atoms with Crippen molar-refractivity contribution in [1.82, 2.24) is 9.55 Å². The molecule has 0 saturated carbocycles. The highest BCUT2D eigenvalue weighted by Gasteiger charge is 2.31. The summed E-state index contributed by atoms with van der Waals surface area (Å²) in [5.41, 5.74) is 1.24. The van der Waals surface area contributed by atoms with Crippen LogP contribution in [0.1, 0.15) is 47.2 Å². The van der Waals surface area contributed by atoms with E-state index in [4.69, 9.17) is 9.47 Å². The van der Waals surface area contributed by atoms with Gasteiger partial charge in [-0.25, -0.2) is 4.79 Å². The van der Waals surface area contributed by atoms with E-state index in [1.807, 2.05) is 13.8 Å². The SMILES string of the molecule is CCOC(=O)c1c(C=O)c2cc(-c3ccc(C(F)(F)F)cn3)ccc2n1-c1ccc(OC(C)C)cc1. The quantitative estimate of drug-likeness (QED) is 0.216. The van der Waals surface area contributed by atoms with Crippen LogP contribution in [0.2, 0.25) is 0 Å². The number of nitrogens with zero attached hydrogens (tertiary/aromatic N) is 2. The summed E-state index contributed by atoms with van der Waals surface area (Å²) in [6, 6.07) is 14.3. The summed E-state index contributed by atoms with van der Waals surface area (Å²) < 4.78 is 51.3. The van der Waals surface area contributed by atoms with Gasteiger partial charge in [0.05, 0.1) is 35.0 Å². The van der Waals surface area contributed by atoms with Crippen LogP contribution in [0.4, 0.5) is 13.2 Å². The Morgan fingerprint density at radius 2 is 1.81 bits per heavy atom. The second kappa shape index (κ2) is 9.85. The molecular weight excluding hydrogens is 473 g/mol. The van der Waals surface area contributed by atoms with E-state index in [1.165, 1.54) is 6.07 Å². The van der Waals surface area contributed by atoms with Gasteiger partial charge in [-0.15, -0.1) is 0 Å². The third-order valence-corrected chi connectivity index (χ3v) is 5.45. The Hall–Kier alpha value is -4.14. The third-order valence-electron chi connectivity index (χ3n) is 5.45. The first-order valence-corrected chi connectivity index (χ1v) is 11.3. The van der Waals surface area contributed by atoms with Gasteiger partial charge in [0, 0.05) is 22.8 Å². The minimum absolute atomic E-state index is 0.0164. The van der Waals surface area contributed by atoms with Gasteiger partial charge in [0.25, 0.3) is 0 Å². The predicted octanol–water partition coefficient (Wildman–Crippen LogP) is 6.49. The van der Waals surface area contributed by atoms with E-state index in [0.29, 0.717) is 39.9 Å². The van der Waals surface area contributed by atoms with Crippen LogP contribution >= 0.6 is 0 Å². The summed E-state index contributed by atoms with van der Waals surface area (Å²) in [5, 5.41) is 0.440. The Labute approximate surface area is 205 Å². The number of carbonyl (C=O) groups excluding carboxylic acids is 2. The van der Waals surface area contributed by atoms with Gasteiger partial charge < -0.3 is 14.0 Å². The molecule has 36 heavy (non-hydrogen) atoms. The third kappa shape index (κ3) is 4.82. The largest absolute Gasteiger partial charge is 0.491 e. The number of benzene rings is 2. The normalized spacial score (nSPS) is 11.6. The van der Waals surface area contributed by atoms with Crippen molar-refractivity contribution in [1.29, 1.82) is 0 Å². The van der Waals surface area contributed by atoms with Gasteiger partial charge in [-0.1, -0.05) is 6.07 Å². The number of fused-ring (bicyclic) bond motifs is 1. The van der Waals surface area contributed by atoms with E-state index in [0.717, 1.165) is 12.3 Å². The van der Waals surface area contributed by atoms with Crippen LogP contribution in [-0.4, -0.2) is 34.5 Å². The highest BCUT2D eigenvalue weighted by Crippen LogP contribution is 2.34. The molecule has 0 unspecified atom stereocenters. The van der Waals surface area contributed by atoms with Crippen LogP contribution in [0.25, 0.3) is 27.8 Å². The van der Waals surface area contributed by atoms with Crippen molar-refractivity contribution < 1.29 is 32.2 Å². The lowest BCUT2D eigenvalue weighted by Gasteiger charge is -2.13. The van der Waals surface area contributed by atoms with Crippen molar-refractivity contribution in [3.05, 3.63) is 77.6 Å². The van der Waals surface area contributed by atoms with E-state index in [1.54, 1.807) is 54.0 Å². The fourth-order valence-corrected chi connectivity index (χ4v) is 3.94. The molecule has 4 aromatic rings. The number of alkyl halides is 3. The molecule has 0 amide bonds. The van der Waals surface area contributed by atoms with Crippen molar-refractivity contribution in [3.63, 3.8) is 0 Å². The summed E-state index contributed by atoms with van der Waals surface area (Å²) in [4.78, 5) is 29.1. The van der Waals surface area contributed by atoms with Crippen LogP contribution in [0.3, 0.4) is 0 Å². The zero-order chi connectivity index (χ0) is 26.0. The lowest BCUT2D eigenvalue weighted by molar-refractivity contribution is -0.137. The summed E-state index contributed by atoms with van der Waals surface area (Å²) in [5.74, 6) is -0.0262. The minimum atomic E-state index is -4.50. The molecule has 2 heterocycles. The number of halogens is 3. The predicted molar refractivity (Wildman–Crippen MR) is 129 cm³/mol. The number of hydrogen-bond donors (Lipinski definition) is 0. The maximum Gasteiger partial charge on any atom is 0.417 e. The fraction of sp³-hybridized carbons (Fsp3) is 0.222. The van der Waals surface area contributed by atoms with Crippen LogP contribution in [-0.2, 0) is 10.9 Å². The molecule has 186 valence electrons. The van der Waals surface area contributed by atoms with Gasteiger partial charge in [-0.3, -0.25) is 9.78 Å². The number of ether oxygens (including phenoxy) is 2. The first-order chi connectivity index (χ1) is 17.1. The second-order valence-corrected chi connectivity index (χ2v) is 8.26. The molecule has 2 aromatic carbocycles. The minimum Gasteiger partial charge on any atom is -0.491 e. The van der Waals surface area contributed by atoms with Crippen molar-refractivity contribution >= 4 is 23.2 Å². The van der Waals surface area contributed by atoms with Crippen molar-refractivity contribution in [2.24, 2.45) is 0 Å². The van der Waals surface area contributed by atoms with Gasteiger partial charge in [-0.05, 0) is 69.3 Å². The van der Waals surface area contributed by atoms with Crippen molar-refractivity contribution in [3.8, 4) is 22.7 Å². The number of esters is 1. The summed E-state index contributed by atoms with van der Waals surface area (Å²) in [6.07, 6.45) is -3.18. The summed E-state index contributed by atoms with van der Waals surface area (Å²) in [7, 11) is 0. The van der Waals surface area contributed by atoms with E-state index in [9.17, 15) is 22.8 Å². The molecule has 2 aromatic heterocycles. The summed E-state index contributed by atoms with van der Waals surface area (Å²) >= 11 is 0. The van der Waals surface area contributed by atoms with Crippen molar-refractivity contribution in [2.45, 2.75) is 33.1 Å². The zero-order valence-electron chi connectivity index (χ0n) is 19.8. The number of hydrogen-bond acceptors (Lipinski definition) is 5. The molecule has 0 saturated heterocycles. The maximum atomic E-state index is 12.9. The molecule has 0 radical (unpaired) electrons. The molecule has 6 nitrogen and oxygen atoms in total. The lowest BCUT2D eigenvalue weighted by atomic mass is 10.1. The molecule has 0 spiro atoms. The molecule has 0 N–H and O–H groups in total. The van der Waals surface area contributed by atoms with E-state index < -0.39 is 17.7 Å². The van der Waals surface area contributed by atoms with Gasteiger partial charge in [-0.2, -0.15) is 13.2 Å². The molecule has 0 aliphatic rings. The monoisotopic (exact) mass is 496 g/mol. The van der Waals surface area contributed by atoms with Crippen LogP contribution in [0.5, 0.6) is 5.75 Å². The highest BCUT2D eigenvalue weighted by atomic mass is 19.4. The first kappa shape index (κ1) is 25.0. The molecular formula is C27H23F3N2O4. The smallest absolute Gasteiger partial charge is 0.417 e. The Balaban J connectivity index is 1.89. The van der Waals surface area contributed by atoms with Crippen LogP contribution < -0.4 is 4.74 Å². The van der Waals surface area contributed by atoms with Gasteiger partial charge in [0.2, 0.25) is 0 Å². The Morgan fingerprint density at radius 3 is 2.36 bits per heavy atom. The Bertz CT molecular complexity index is 1410. The first-order valence-electron chi connectivity index (χ1n) is 11.3. The Morgan fingerprint density at radius 1 is 1.08 bits per heavy atom. The van der Waals surface area contributed by atoms with Crippen LogP contribution in [0.15, 0.2) is 60.8 Å². The number of aldehydes is 1. The van der Waals surface area contributed by atoms with E-state index in [2.05, 4.69) is 4.98 Å². The lowest BCUT2D eigenvalue weighted by Crippen LogP contribution is -2.13. The average molecular weight is 496 g/mol. The molecule has 0 fully saturated rings. The highest BCUT2D eigenvalue weighted by molar-refractivity contribution is 6.10. The molecule has 0 atom stereocenters. The van der Waals surface area contributed by atoms with Crippen molar-refractivity contribution in [2.75, 3.05) is 6.61 Å². The van der Waals surface area contributed by atoms with Gasteiger partial charge >= 0.3 is 12.1 Å². The van der Waals surface area contributed by atoms with Gasteiger partial charge in [0.1, 0.15) is 11.4 Å². The fourth-order valence-electron chi connectivity index (χ4n) is 3.94. The molecule has 4 rings (SSSR count). The molecule has 0 aliphatic heterocycles. The topological polar surface area (TPSA) is 70.4 Å². The van der Waals surface area contributed by atoms with E-state index in [-0.39, 0.29) is 24.0 Å². The second-order valence-electron chi connectivity index (χ2n) is 8.26. The van der Waals surface area contributed by atoms with E-state index >= 15 is 0 Å². The molecule has 0 bridgehead atoms.